The number of aryl methyl sites for hydroxylation is 2. The predicted molar refractivity (Wildman–Crippen MR) is 74.6 cm³/mol. The van der Waals surface area contributed by atoms with Crippen LogP contribution in [0.4, 0.5) is 14.6 Å². The number of nitrogens with zero attached hydrogens (tertiary/aromatic N) is 3. The Bertz CT molecular complexity index is 607. The maximum atomic E-state index is 12.1. The highest BCUT2D eigenvalue weighted by Crippen LogP contribution is 2.14. The van der Waals surface area contributed by atoms with E-state index >= 15 is 0 Å². The molecule has 0 aliphatic rings. The average Bonchev–Trinajstić information content (AvgIpc) is 2.46. The van der Waals surface area contributed by atoms with Crippen molar-refractivity contribution >= 4 is 5.82 Å². The SMILES string of the molecule is Cc1cnc(C)c(NCc2ccnc(OCC(F)F)c2)n1. The largest absolute Gasteiger partial charge is 0.472 e. The van der Waals surface area contributed by atoms with Crippen molar-refractivity contribution in [3.8, 4) is 5.88 Å². The van der Waals surface area contributed by atoms with Crippen LogP contribution in [0.2, 0.25) is 0 Å². The van der Waals surface area contributed by atoms with Crippen LogP contribution >= 0.6 is 0 Å². The zero-order valence-corrected chi connectivity index (χ0v) is 11.8. The number of anilines is 1. The lowest BCUT2D eigenvalue weighted by Gasteiger charge is -2.10. The molecular weight excluding hydrogens is 278 g/mol. The number of hydrogen-bond donors (Lipinski definition) is 1. The molecule has 21 heavy (non-hydrogen) atoms. The molecule has 0 saturated carbocycles. The molecule has 0 unspecified atom stereocenters. The predicted octanol–water partition coefficient (Wildman–Crippen LogP) is 2.74. The van der Waals surface area contributed by atoms with E-state index in [-0.39, 0.29) is 5.88 Å². The summed E-state index contributed by atoms with van der Waals surface area (Å²) in [5.41, 5.74) is 2.47. The maximum absolute atomic E-state index is 12.1. The Balaban J connectivity index is 1.99. The van der Waals surface area contributed by atoms with E-state index in [4.69, 9.17) is 4.74 Å². The third kappa shape index (κ3) is 4.62. The Kier molecular flexibility index (Phi) is 4.97. The standard InChI is InChI=1S/C14H16F2N4O/c1-9-6-18-10(2)14(20-9)19-7-11-3-4-17-13(5-11)21-8-12(15)16/h3-6,12H,7-8H2,1-2H3,(H,19,20). The van der Waals surface area contributed by atoms with E-state index in [9.17, 15) is 8.78 Å². The zero-order valence-electron chi connectivity index (χ0n) is 11.8. The van der Waals surface area contributed by atoms with E-state index in [1.165, 1.54) is 6.20 Å². The van der Waals surface area contributed by atoms with Crippen LogP contribution in [0.15, 0.2) is 24.5 Å². The molecule has 2 rings (SSSR count). The van der Waals surface area contributed by atoms with Crippen LogP contribution in [-0.2, 0) is 6.54 Å². The van der Waals surface area contributed by atoms with Gasteiger partial charge in [0.25, 0.3) is 6.43 Å². The molecule has 0 aliphatic carbocycles. The Labute approximate surface area is 121 Å². The van der Waals surface area contributed by atoms with E-state index in [0.717, 1.165) is 17.0 Å². The van der Waals surface area contributed by atoms with Gasteiger partial charge in [-0.1, -0.05) is 0 Å². The number of halogens is 2. The second-order valence-electron chi connectivity index (χ2n) is 4.50. The summed E-state index contributed by atoms with van der Waals surface area (Å²) in [4.78, 5) is 12.4. The van der Waals surface area contributed by atoms with E-state index in [2.05, 4.69) is 20.3 Å². The first kappa shape index (κ1) is 15.1. The minimum Gasteiger partial charge on any atom is -0.472 e. The van der Waals surface area contributed by atoms with Crippen LogP contribution in [0, 0.1) is 13.8 Å². The molecule has 0 atom stereocenters. The molecule has 2 heterocycles. The van der Waals surface area contributed by atoms with Crippen LogP contribution in [0.5, 0.6) is 5.88 Å². The summed E-state index contributed by atoms with van der Waals surface area (Å²) in [5.74, 6) is 0.878. The molecular formula is C14H16F2N4O. The molecule has 7 heteroatoms. The van der Waals surface area contributed by atoms with E-state index in [1.807, 2.05) is 13.8 Å². The minimum absolute atomic E-state index is 0.182. The van der Waals surface area contributed by atoms with Crippen molar-refractivity contribution in [2.45, 2.75) is 26.8 Å². The summed E-state index contributed by atoms with van der Waals surface area (Å²) in [6, 6.07) is 3.40. The van der Waals surface area contributed by atoms with Crippen molar-refractivity contribution in [2.24, 2.45) is 0 Å². The molecule has 2 aromatic heterocycles. The van der Waals surface area contributed by atoms with Crippen molar-refractivity contribution in [2.75, 3.05) is 11.9 Å². The monoisotopic (exact) mass is 294 g/mol. The minimum atomic E-state index is -2.52. The van der Waals surface area contributed by atoms with Gasteiger partial charge in [-0.3, -0.25) is 4.98 Å². The summed E-state index contributed by atoms with van der Waals surface area (Å²) >= 11 is 0. The van der Waals surface area contributed by atoms with Gasteiger partial charge < -0.3 is 10.1 Å². The highest BCUT2D eigenvalue weighted by molar-refractivity contribution is 5.40. The van der Waals surface area contributed by atoms with Crippen LogP contribution in [-0.4, -0.2) is 28.0 Å². The highest BCUT2D eigenvalue weighted by atomic mass is 19.3. The summed E-state index contributed by atoms with van der Waals surface area (Å²) < 4.78 is 29.1. The van der Waals surface area contributed by atoms with Gasteiger partial charge >= 0.3 is 0 Å². The summed E-state index contributed by atoms with van der Waals surface area (Å²) in [6.45, 7) is 3.54. The second-order valence-corrected chi connectivity index (χ2v) is 4.50. The fraction of sp³-hybridized carbons (Fsp3) is 0.357. The smallest absolute Gasteiger partial charge is 0.272 e. The summed E-state index contributed by atoms with van der Waals surface area (Å²) in [5, 5.41) is 3.16. The summed E-state index contributed by atoms with van der Waals surface area (Å²) in [6.07, 6.45) is 0.703. The lowest BCUT2D eigenvalue weighted by Crippen LogP contribution is -2.09. The molecule has 0 amide bonds. The van der Waals surface area contributed by atoms with Gasteiger partial charge in [-0.15, -0.1) is 0 Å². The molecule has 0 saturated heterocycles. The number of ether oxygens (including phenoxy) is 1. The molecule has 0 radical (unpaired) electrons. The van der Waals surface area contributed by atoms with Crippen molar-refractivity contribution in [3.63, 3.8) is 0 Å². The van der Waals surface area contributed by atoms with Gasteiger partial charge in [-0.2, -0.15) is 0 Å². The normalized spacial score (nSPS) is 10.7. The van der Waals surface area contributed by atoms with Crippen LogP contribution in [0.3, 0.4) is 0 Å². The van der Waals surface area contributed by atoms with Crippen molar-refractivity contribution in [3.05, 3.63) is 41.5 Å². The van der Waals surface area contributed by atoms with Gasteiger partial charge in [0, 0.05) is 25.0 Å². The van der Waals surface area contributed by atoms with Crippen LogP contribution in [0.25, 0.3) is 0 Å². The summed E-state index contributed by atoms with van der Waals surface area (Å²) in [7, 11) is 0. The molecule has 0 aliphatic heterocycles. The molecule has 1 N–H and O–H groups in total. The van der Waals surface area contributed by atoms with Gasteiger partial charge in [-0.25, -0.2) is 18.7 Å². The quantitative estimate of drug-likeness (QED) is 0.887. The molecule has 0 spiro atoms. The number of rotatable bonds is 6. The topological polar surface area (TPSA) is 59.9 Å². The van der Waals surface area contributed by atoms with Crippen LogP contribution < -0.4 is 10.1 Å². The first-order valence-electron chi connectivity index (χ1n) is 6.44. The van der Waals surface area contributed by atoms with E-state index < -0.39 is 13.0 Å². The number of pyridine rings is 1. The number of hydrogen-bond acceptors (Lipinski definition) is 5. The van der Waals surface area contributed by atoms with Gasteiger partial charge in [0.05, 0.1) is 11.4 Å². The van der Waals surface area contributed by atoms with Crippen molar-refractivity contribution < 1.29 is 13.5 Å². The Morgan fingerprint density at radius 3 is 2.86 bits per heavy atom. The van der Waals surface area contributed by atoms with E-state index in [1.54, 1.807) is 18.3 Å². The highest BCUT2D eigenvalue weighted by Gasteiger charge is 2.06. The van der Waals surface area contributed by atoms with Crippen molar-refractivity contribution in [1.82, 2.24) is 15.0 Å². The maximum Gasteiger partial charge on any atom is 0.272 e. The molecule has 0 aromatic carbocycles. The van der Waals surface area contributed by atoms with E-state index in [0.29, 0.717) is 12.4 Å². The Morgan fingerprint density at radius 2 is 2.10 bits per heavy atom. The molecule has 112 valence electrons. The lowest BCUT2D eigenvalue weighted by molar-refractivity contribution is 0.0795. The first-order chi connectivity index (χ1) is 10.0. The third-order valence-electron chi connectivity index (χ3n) is 2.69. The zero-order chi connectivity index (χ0) is 15.2. The lowest BCUT2D eigenvalue weighted by atomic mass is 10.2. The average molecular weight is 294 g/mol. The fourth-order valence-corrected chi connectivity index (χ4v) is 1.68. The number of alkyl halides is 2. The van der Waals surface area contributed by atoms with Crippen molar-refractivity contribution in [1.29, 1.82) is 0 Å². The number of nitrogens with one attached hydrogen (secondary N) is 1. The fourth-order valence-electron chi connectivity index (χ4n) is 1.68. The molecule has 5 nitrogen and oxygen atoms in total. The first-order valence-corrected chi connectivity index (χ1v) is 6.44. The van der Waals surface area contributed by atoms with Gasteiger partial charge in [-0.05, 0) is 25.5 Å². The van der Waals surface area contributed by atoms with Gasteiger partial charge in [0.1, 0.15) is 5.82 Å². The molecule has 0 bridgehead atoms. The third-order valence-corrected chi connectivity index (χ3v) is 2.69. The Hall–Kier alpha value is -2.31. The molecule has 0 fully saturated rings. The molecule has 2 aromatic rings. The van der Waals surface area contributed by atoms with Crippen LogP contribution in [0.1, 0.15) is 17.0 Å². The number of aromatic nitrogens is 3. The van der Waals surface area contributed by atoms with Gasteiger partial charge in [0.15, 0.2) is 6.61 Å². The second kappa shape index (κ2) is 6.92. The Morgan fingerprint density at radius 1 is 1.29 bits per heavy atom. The van der Waals surface area contributed by atoms with Gasteiger partial charge in [0.2, 0.25) is 5.88 Å².